The van der Waals surface area contributed by atoms with Gasteiger partial charge in [-0.15, -0.1) is 11.6 Å². The van der Waals surface area contributed by atoms with Gasteiger partial charge in [0.05, 0.1) is 22.6 Å². The average Bonchev–Trinajstić information content (AvgIpc) is 2.81. The lowest BCUT2D eigenvalue weighted by atomic mass is 10.2. The number of rotatable bonds is 2. The molecule has 0 saturated heterocycles. The minimum atomic E-state index is -0.275. The molecular formula is C16H14ClFN2. The summed E-state index contributed by atoms with van der Waals surface area (Å²) < 4.78 is 16.0. The lowest BCUT2D eigenvalue weighted by Gasteiger charge is -2.10. The Morgan fingerprint density at radius 3 is 2.75 bits per heavy atom. The van der Waals surface area contributed by atoms with Crippen molar-refractivity contribution in [3.05, 3.63) is 59.2 Å². The van der Waals surface area contributed by atoms with Crippen LogP contribution in [0.15, 0.2) is 36.4 Å². The molecule has 2 nitrogen and oxygen atoms in total. The summed E-state index contributed by atoms with van der Waals surface area (Å²) in [6.07, 6.45) is 0. The van der Waals surface area contributed by atoms with E-state index in [1.54, 1.807) is 10.6 Å². The van der Waals surface area contributed by atoms with Crippen LogP contribution in [0.2, 0.25) is 0 Å². The van der Waals surface area contributed by atoms with Crippen LogP contribution in [0.25, 0.3) is 16.7 Å². The number of imidazole rings is 1. The summed E-state index contributed by atoms with van der Waals surface area (Å²) in [5, 5.41) is 0. The fraction of sp³-hybridized carbons (Fsp3) is 0.188. The molecule has 102 valence electrons. The van der Waals surface area contributed by atoms with E-state index in [0.717, 1.165) is 22.2 Å². The van der Waals surface area contributed by atoms with Gasteiger partial charge in [0.2, 0.25) is 0 Å². The fourth-order valence-corrected chi connectivity index (χ4v) is 2.62. The summed E-state index contributed by atoms with van der Waals surface area (Å²) in [6, 6.07) is 10.9. The van der Waals surface area contributed by atoms with E-state index in [9.17, 15) is 4.39 Å². The molecule has 0 atom stereocenters. The number of alkyl halides is 1. The van der Waals surface area contributed by atoms with E-state index in [0.29, 0.717) is 11.5 Å². The van der Waals surface area contributed by atoms with Gasteiger partial charge in [-0.1, -0.05) is 18.2 Å². The molecule has 4 heteroatoms. The van der Waals surface area contributed by atoms with Crippen LogP contribution in [0.5, 0.6) is 0 Å². The van der Waals surface area contributed by atoms with Crippen molar-refractivity contribution in [1.82, 2.24) is 9.55 Å². The summed E-state index contributed by atoms with van der Waals surface area (Å²) in [6.45, 7) is 3.93. The maximum atomic E-state index is 14.2. The molecule has 2 aromatic carbocycles. The van der Waals surface area contributed by atoms with Crippen LogP contribution in [0.3, 0.4) is 0 Å². The highest BCUT2D eigenvalue weighted by atomic mass is 35.5. The zero-order valence-corrected chi connectivity index (χ0v) is 12.1. The quantitative estimate of drug-likeness (QED) is 0.634. The Labute approximate surface area is 121 Å². The number of benzene rings is 2. The van der Waals surface area contributed by atoms with Gasteiger partial charge in [-0.25, -0.2) is 9.37 Å². The minimum Gasteiger partial charge on any atom is -0.292 e. The van der Waals surface area contributed by atoms with Gasteiger partial charge >= 0.3 is 0 Å². The van der Waals surface area contributed by atoms with Crippen molar-refractivity contribution in [2.45, 2.75) is 19.7 Å². The fourth-order valence-electron chi connectivity index (χ4n) is 2.44. The number of aromatic nitrogens is 2. The lowest BCUT2D eigenvalue weighted by Crippen LogP contribution is -2.02. The summed E-state index contributed by atoms with van der Waals surface area (Å²) in [5.41, 5.74) is 4.29. The molecule has 0 aliphatic rings. The van der Waals surface area contributed by atoms with Crippen molar-refractivity contribution in [1.29, 1.82) is 0 Å². The van der Waals surface area contributed by atoms with Gasteiger partial charge in [0.1, 0.15) is 11.6 Å². The van der Waals surface area contributed by atoms with E-state index in [2.05, 4.69) is 4.98 Å². The van der Waals surface area contributed by atoms with Crippen LogP contribution >= 0.6 is 11.6 Å². The number of aryl methyl sites for hydroxylation is 2. The van der Waals surface area contributed by atoms with E-state index in [4.69, 9.17) is 11.6 Å². The highest BCUT2D eigenvalue weighted by Gasteiger charge is 2.15. The monoisotopic (exact) mass is 288 g/mol. The molecular weight excluding hydrogens is 275 g/mol. The van der Waals surface area contributed by atoms with Crippen molar-refractivity contribution in [3.8, 4) is 5.69 Å². The first-order valence-electron chi connectivity index (χ1n) is 6.41. The average molecular weight is 289 g/mol. The number of fused-ring (bicyclic) bond motifs is 1. The van der Waals surface area contributed by atoms with Crippen LogP contribution in [-0.4, -0.2) is 9.55 Å². The smallest absolute Gasteiger partial charge is 0.147 e. The molecule has 0 unspecified atom stereocenters. The van der Waals surface area contributed by atoms with Crippen molar-refractivity contribution in [2.75, 3.05) is 0 Å². The Balaban J connectivity index is 2.40. The molecule has 20 heavy (non-hydrogen) atoms. The standard InChI is InChI=1S/C16H14ClFN2/c1-10-6-7-12(18)14(8-10)20-13-5-3-4-11(2)16(13)19-15(20)9-17/h3-8H,9H2,1-2H3. The maximum absolute atomic E-state index is 14.2. The van der Waals surface area contributed by atoms with Crippen molar-refractivity contribution in [2.24, 2.45) is 0 Å². The Morgan fingerprint density at radius 1 is 1.20 bits per heavy atom. The molecule has 0 bridgehead atoms. The van der Waals surface area contributed by atoms with Crippen LogP contribution in [-0.2, 0) is 5.88 Å². The second kappa shape index (κ2) is 4.91. The van der Waals surface area contributed by atoms with Crippen LogP contribution in [0.1, 0.15) is 17.0 Å². The molecule has 0 aliphatic heterocycles. The van der Waals surface area contributed by atoms with Gasteiger partial charge in [0.15, 0.2) is 0 Å². The van der Waals surface area contributed by atoms with Crippen LogP contribution < -0.4 is 0 Å². The normalized spacial score (nSPS) is 11.2. The minimum absolute atomic E-state index is 0.238. The van der Waals surface area contributed by atoms with Crippen LogP contribution in [0, 0.1) is 19.7 Å². The number of para-hydroxylation sites is 1. The van der Waals surface area contributed by atoms with E-state index in [-0.39, 0.29) is 11.7 Å². The third-order valence-electron chi connectivity index (χ3n) is 3.42. The van der Waals surface area contributed by atoms with Gasteiger partial charge in [0, 0.05) is 0 Å². The Bertz CT molecular complexity index is 793. The zero-order chi connectivity index (χ0) is 14.3. The van der Waals surface area contributed by atoms with Crippen molar-refractivity contribution < 1.29 is 4.39 Å². The summed E-state index contributed by atoms with van der Waals surface area (Å²) in [7, 11) is 0. The molecule has 1 heterocycles. The predicted molar refractivity (Wildman–Crippen MR) is 80.1 cm³/mol. The number of hydrogen-bond acceptors (Lipinski definition) is 1. The van der Waals surface area contributed by atoms with E-state index in [1.165, 1.54) is 6.07 Å². The SMILES string of the molecule is Cc1ccc(F)c(-n2c(CCl)nc3c(C)cccc32)c1. The van der Waals surface area contributed by atoms with Crippen molar-refractivity contribution in [3.63, 3.8) is 0 Å². The van der Waals surface area contributed by atoms with Gasteiger partial charge in [-0.05, 0) is 43.2 Å². The molecule has 3 aromatic rings. The summed E-state index contributed by atoms with van der Waals surface area (Å²) >= 11 is 5.99. The zero-order valence-electron chi connectivity index (χ0n) is 11.3. The molecule has 3 rings (SSSR count). The van der Waals surface area contributed by atoms with E-state index in [1.807, 2.05) is 38.1 Å². The number of hydrogen-bond donors (Lipinski definition) is 0. The van der Waals surface area contributed by atoms with Gasteiger partial charge in [-0.3, -0.25) is 4.57 Å². The number of nitrogens with zero attached hydrogens (tertiary/aromatic N) is 2. The van der Waals surface area contributed by atoms with E-state index < -0.39 is 0 Å². The third kappa shape index (κ3) is 1.98. The highest BCUT2D eigenvalue weighted by molar-refractivity contribution is 6.17. The first-order valence-corrected chi connectivity index (χ1v) is 6.94. The topological polar surface area (TPSA) is 17.8 Å². The molecule has 0 aliphatic carbocycles. The van der Waals surface area contributed by atoms with Gasteiger partial charge in [-0.2, -0.15) is 0 Å². The first-order chi connectivity index (χ1) is 9.61. The van der Waals surface area contributed by atoms with Gasteiger partial charge in [0.25, 0.3) is 0 Å². The maximum Gasteiger partial charge on any atom is 0.147 e. The first kappa shape index (κ1) is 13.1. The number of halogens is 2. The second-order valence-electron chi connectivity index (χ2n) is 4.89. The predicted octanol–water partition coefficient (Wildman–Crippen LogP) is 4.52. The third-order valence-corrected chi connectivity index (χ3v) is 3.66. The molecule has 0 amide bonds. The molecule has 0 fully saturated rings. The largest absolute Gasteiger partial charge is 0.292 e. The van der Waals surface area contributed by atoms with Gasteiger partial charge < -0.3 is 0 Å². The molecule has 0 N–H and O–H groups in total. The molecule has 0 saturated carbocycles. The van der Waals surface area contributed by atoms with E-state index >= 15 is 0 Å². The van der Waals surface area contributed by atoms with Crippen LogP contribution in [0.4, 0.5) is 4.39 Å². The highest BCUT2D eigenvalue weighted by Crippen LogP contribution is 2.26. The molecule has 0 radical (unpaired) electrons. The Hall–Kier alpha value is -1.87. The Kier molecular flexibility index (Phi) is 3.22. The lowest BCUT2D eigenvalue weighted by molar-refractivity contribution is 0.617. The second-order valence-corrected chi connectivity index (χ2v) is 5.16. The Morgan fingerprint density at radius 2 is 2.00 bits per heavy atom. The molecule has 1 aromatic heterocycles. The summed E-state index contributed by atoms with van der Waals surface area (Å²) in [5.74, 6) is 0.616. The summed E-state index contributed by atoms with van der Waals surface area (Å²) in [4.78, 5) is 4.54. The molecule has 0 spiro atoms. The van der Waals surface area contributed by atoms with Crippen molar-refractivity contribution >= 4 is 22.6 Å².